The Morgan fingerprint density at radius 2 is 1.62 bits per heavy atom. The minimum absolute atomic E-state index is 0.00646. The Morgan fingerprint density at radius 1 is 0.952 bits per heavy atom. The fourth-order valence-electron chi connectivity index (χ4n) is 3.15. The van der Waals surface area contributed by atoms with Crippen LogP contribution in [-0.4, -0.2) is 42.7 Å². The summed E-state index contributed by atoms with van der Waals surface area (Å²) in [7, 11) is 0. The van der Waals surface area contributed by atoms with Gasteiger partial charge in [-0.05, 0) is 31.2 Å². The zero-order valence-electron chi connectivity index (χ0n) is 12.3. The molecule has 4 nitrogen and oxygen atoms in total. The number of ether oxygens (including phenoxy) is 3. The Kier molecular flexibility index (Phi) is 5.25. The molecule has 116 valence electrons. The fraction of sp³-hybridized carbons (Fsp3) is 0.647. The zero-order chi connectivity index (χ0) is 14.5. The molecule has 4 heteroatoms. The van der Waals surface area contributed by atoms with Crippen molar-refractivity contribution >= 4 is 0 Å². The monoisotopic (exact) mass is 292 g/mol. The van der Waals surface area contributed by atoms with Gasteiger partial charge in [-0.2, -0.15) is 0 Å². The average Bonchev–Trinajstić information content (AvgIpc) is 3.17. The molecule has 0 bridgehead atoms. The van der Waals surface area contributed by atoms with Crippen LogP contribution in [0.15, 0.2) is 30.3 Å². The van der Waals surface area contributed by atoms with Crippen molar-refractivity contribution in [2.75, 3.05) is 13.2 Å². The van der Waals surface area contributed by atoms with Crippen LogP contribution in [0.4, 0.5) is 0 Å². The highest BCUT2D eigenvalue weighted by atomic mass is 16.6. The molecule has 0 spiro atoms. The van der Waals surface area contributed by atoms with E-state index in [1.54, 1.807) is 0 Å². The normalized spacial score (nSPS) is 32.6. The smallest absolute Gasteiger partial charge is 0.0842 e. The molecule has 2 heterocycles. The number of rotatable bonds is 6. The lowest BCUT2D eigenvalue weighted by atomic mass is 10.1. The molecule has 3 rings (SSSR count). The summed E-state index contributed by atoms with van der Waals surface area (Å²) in [5.41, 5.74) is 1.19. The van der Waals surface area contributed by atoms with Gasteiger partial charge >= 0.3 is 0 Å². The van der Waals surface area contributed by atoms with Crippen LogP contribution in [0.2, 0.25) is 0 Å². The molecule has 0 unspecified atom stereocenters. The third-order valence-electron chi connectivity index (χ3n) is 4.31. The van der Waals surface area contributed by atoms with E-state index in [1.165, 1.54) is 5.56 Å². The molecule has 2 fully saturated rings. The summed E-state index contributed by atoms with van der Waals surface area (Å²) in [5, 5.41) is 9.12. The maximum atomic E-state index is 9.12. The third kappa shape index (κ3) is 4.04. The lowest BCUT2D eigenvalue weighted by Gasteiger charge is -2.20. The average molecular weight is 292 g/mol. The van der Waals surface area contributed by atoms with E-state index >= 15 is 0 Å². The highest BCUT2D eigenvalue weighted by molar-refractivity contribution is 5.13. The quantitative estimate of drug-likeness (QED) is 0.874. The summed E-state index contributed by atoms with van der Waals surface area (Å²) in [6, 6.07) is 10.2. The second kappa shape index (κ2) is 7.36. The first-order valence-corrected chi connectivity index (χ1v) is 7.88. The van der Waals surface area contributed by atoms with Gasteiger partial charge in [0.1, 0.15) is 0 Å². The van der Waals surface area contributed by atoms with Gasteiger partial charge in [-0.15, -0.1) is 0 Å². The van der Waals surface area contributed by atoms with Crippen molar-refractivity contribution < 1.29 is 19.3 Å². The lowest BCUT2D eigenvalue weighted by molar-refractivity contribution is -0.0886. The predicted molar refractivity (Wildman–Crippen MR) is 79.0 cm³/mol. The number of hydrogen-bond donors (Lipinski definition) is 1. The molecular formula is C17H24O4. The van der Waals surface area contributed by atoms with Crippen molar-refractivity contribution in [2.24, 2.45) is 0 Å². The first kappa shape index (κ1) is 15.0. The van der Waals surface area contributed by atoms with Gasteiger partial charge in [0.15, 0.2) is 0 Å². The van der Waals surface area contributed by atoms with Gasteiger partial charge in [0.25, 0.3) is 0 Å². The summed E-state index contributed by atoms with van der Waals surface area (Å²) in [4.78, 5) is 0. The van der Waals surface area contributed by atoms with E-state index in [0.29, 0.717) is 13.2 Å². The number of aliphatic hydroxyl groups excluding tert-OH is 1. The molecule has 0 radical (unpaired) electrons. The molecule has 1 N–H and O–H groups in total. The SMILES string of the molecule is OC[C@@H]1CC[C@H]([C@H]2CC[C@@H](COCc3ccccc3)O2)O1. The standard InChI is InChI=1S/C17H24O4/c18-10-14-6-8-16(20-14)17-9-7-15(21-17)12-19-11-13-4-2-1-3-5-13/h1-5,14-18H,6-12H2/t14-,15-,16+,17+/m0/s1. The van der Waals surface area contributed by atoms with Crippen LogP contribution in [0.1, 0.15) is 31.2 Å². The molecule has 0 aliphatic carbocycles. The first-order chi connectivity index (χ1) is 10.3. The molecule has 2 aliphatic heterocycles. The van der Waals surface area contributed by atoms with E-state index in [-0.39, 0.29) is 31.0 Å². The molecule has 2 saturated heterocycles. The summed E-state index contributed by atoms with van der Waals surface area (Å²) >= 11 is 0. The maximum Gasteiger partial charge on any atom is 0.0842 e. The lowest BCUT2D eigenvalue weighted by Crippen LogP contribution is -2.28. The Bertz CT molecular complexity index is 422. The minimum atomic E-state index is 0.00646. The molecule has 1 aromatic carbocycles. The highest BCUT2D eigenvalue weighted by Crippen LogP contribution is 2.31. The summed E-state index contributed by atoms with van der Waals surface area (Å²) in [5.74, 6) is 0. The fourth-order valence-corrected chi connectivity index (χ4v) is 3.15. The Morgan fingerprint density at radius 3 is 2.29 bits per heavy atom. The second-order valence-corrected chi connectivity index (χ2v) is 5.93. The molecule has 0 aromatic heterocycles. The van der Waals surface area contributed by atoms with Crippen LogP contribution in [0.5, 0.6) is 0 Å². The van der Waals surface area contributed by atoms with E-state index in [1.807, 2.05) is 18.2 Å². The van der Waals surface area contributed by atoms with Gasteiger partial charge in [-0.3, -0.25) is 0 Å². The Balaban J connectivity index is 1.37. The number of aliphatic hydroxyl groups is 1. The van der Waals surface area contributed by atoms with Crippen LogP contribution < -0.4 is 0 Å². The molecule has 21 heavy (non-hydrogen) atoms. The predicted octanol–water partition coefficient (Wildman–Crippen LogP) is 2.29. The largest absolute Gasteiger partial charge is 0.394 e. The maximum absolute atomic E-state index is 9.12. The van der Waals surface area contributed by atoms with Gasteiger partial charge in [-0.1, -0.05) is 30.3 Å². The number of hydrogen-bond acceptors (Lipinski definition) is 4. The van der Waals surface area contributed by atoms with Crippen LogP contribution in [0.3, 0.4) is 0 Å². The second-order valence-electron chi connectivity index (χ2n) is 5.93. The summed E-state index contributed by atoms with van der Waals surface area (Å²) in [6.45, 7) is 1.40. The summed E-state index contributed by atoms with van der Waals surface area (Å²) < 4.78 is 17.6. The van der Waals surface area contributed by atoms with Crippen LogP contribution in [0, 0.1) is 0 Å². The molecule has 4 atom stereocenters. The minimum Gasteiger partial charge on any atom is -0.394 e. The van der Waals surface area contributed by atoms with Gasteiger partial charge in [-0.25, -0.2) is 0 Å². The Hall–Kier alpha value is -0.940. The highest BCUT2D eigenvalue weighted by Gasteiger charge is 2.36. The molecule has 2 aliphatic rings. The van der Waals surface area contributed by atoms with Crippen molar-refractivity contribution in [2.45, 2.75) is 56.7 Å². The molecular weight excluding hydrogens is 268 g/mol. The van der Waals surface area contributed by atoms with Crippen molar-refractivity contribution in [3.8, 4) is 0 Å². The molecule has 0 amide bonds. The van der Waals surface area contributed by atoms with Crippen molar-refractivity contribution in [3.63, 3.8) is 0 Å². The first-order valence-electron chi connectivity index (χ1n) is 7.88. The Labute approximate surface area is 126 Å². The molecule has 0 saturated carbocycles. The third-order valence-corrected chi connectivity index (χ3v) is 4.31. The summed E-state index contributed by atoms with van der Waals surface area (Å²) in [6.07, 6.45) is 4.50. The van der Waals surface area contributed by atoms with Gasteiger partial charge in [0.05, 0.1) is 44.2 Å². The van der Waals surface area contributed by atoms with Gasteiger partial charge in [0.2, 0.25) is 0 Å². The zero-order valence-corrected chi connectivity index (χ0v) is 12.3. The van der Waals surface area contributed by atoms with E-state index in [0.717, 1.165) is 25.7 Å². The van der Waals surface area contributed by atoms with Crippen LogP contribution in [0.25, 0.3) is 0 Å². The van der Waals surface area contributed by atoms with Gasteiger partial charge < -0.3 is 19.3 Å². The van der Waals surface area contributed by atoms with E-state index in [2.05, 4.69) is 12.1 Å². The molecule has 1 aromatic rings. The van der Waals surface area contributed by atoms with Crippen LogP contribution in [-0.2, 0) is 20.8 Å². The van der Waals surface area contributed by atoms with Gasteiger partial charge in [0, 0.05) is 0 Å². The topological polar surface area (TPSA) is 47.9 Å². The van der Waals surface area contributed by atoms with E-state index in [9.17, 15) is 0 Å². The van der Waals surface area contributed by atoms with Crippen molar-refractivity contribution in [1.29, 1.82) is 0 Å². The van der Waals surface area contributed by atoms with E-state index < -0.39 is 0 Å². The van der Waals surface area contributed by atoms with E-state index in [4.69, 9.17) is 19.3 Å². The van der Waals surface area contributed by atoms with Crippen LogP contribution >= 0.6 is 0 Å². The van der Waals surface area contributed by atoms with Crippen molar-refractivity contribution in [3.05, 3.63) is 35.9 Å². The number of benzene rings is 1. The van der Waals surface area contributed by atoms with Crippen molar-refractivity contribution in [1.82, 2.24) is 0 Å².